The van der Waals surface area contributed by atoms with E-state index in [2.05, 4.69) is 31.3 Å². The number of nitrogens with zero attached hydrogens (tertiary/aromatic N) is 4. The Balaban J connectivity index is 1.77. The molecule has 0 saturated carbocycles. The fourth-order valence-electron chi connectivity index (χ4n) is 3.19. The second-order valence-corrected chi connectivity index (χ2v) is 8.14. The number of aromatic nitrogens is 3. The first kappa shape index (κ1) is 21.4. The van der Waals surface area contributed by atoms with Crippen molar-refractivity contribution in [3.63, 3.8) is 0 Å². The first-order valence-electron chi connectivity index (χ1n) is 9.68. The molecular weight excluding hydrogens is 474 g/mol. The van der Waals surface area contributed by atoms with Crippen molar-refractivity contribution in [3.05, 3.63) is 98.3 Å². The zero-order valence-corrected chi connectivity index (χ0v) is 18.8. The first-order valence-corrected chi connectivity index (χ1v) is 10.5. The Morgan fingerprint density at radius 3 is 2.53 bits per heavy atom. The van der Waals surface area contributed by atoms with Gasteiger partial charge in [0.2, 0.25) is 5.82 Å². The molecule has 0 bridgehead atoms. The Hall–Kier alpha value is -3.85. The third-order valence-electron chi connectivity index (χ3n) is 4.82. The number of hydrogen-bond acceptors (Lipinski definition) is 5. The van der Waals surface area contributed by atoms with Crippen molar-refractivity contribution in [1.29, 1.82) is 0 Å². The van der Waals surface area contributed by atoms with Crippen LogP contribution in [0.1, 0.15) is 21.7 Å². The van der Waals surface area contributed by atoms with Gasteiger partial charge in [0.05, 0.1) is 10.6 Å². The maximum Gasteiger partial charge on any atom is 0.295 e. The van der Waals surface area contributed by atoms with Crippen LogP contribution in [-0.4, -0.2) is 25.6 Å². The van der Waals surface area contributed by atoms with Gasteiger partial charge in [0, 0.05) is 27.9 Å². The number of anilines is 1. The summed E-state index contributed by atoms with van der Waals surface area (Å²) in [5.74, 6) is -0.0985. The van der Waals surface area contributed by atoms with Crippen molar-refractivity contribution in [2.24, 2.45) is 0 Å². The number of carbonyl (C=O) groups excluding carboxylic acids is 1. The quantitative estimate of drug-likeness (QED) is 0.294. The van der Waals surface area contributed by atoms with Gasteiger partial charge in [-0.3, -0.25) is 14.9 Å². The van der Waals surface area contributed by atoms with Gasteiger partial charge >= 0.3 is 0 Å². The number of hydrogen-bond donors (Lipinski definition) is 1. The van der Waals surface area contributed by atoms with E-state index in [9.17, 15) is 14.9 Å². The molecule has 0 atom stereocenters. The van der Waals surface area contributed by atoms with Gasteiger partial charge < -0.3 is 5.32 Å². The molecule has 0 radical (unpaired) electrons. The van der Waals surface area contributed by atoms with E-state index in [4.69, 9.17) is 0 Å². The van der Waals surface area contributed by atoms with Crippen LogP contribution in [0.15, 0.2) is 71.2 Å². The van der Waals surface area contributed by atoms with Crippen molar-refractivity contribution in [1.82, 2.24) is 14.8 Å². The second kappa shape index (κ2) is 8.72. The Morgan fingerprint density at radius 1 is 1.06 bits per heavy atom. The molecule has 32 heavy (non-hydrogen) atoms. The molecule has 1 aromatic heterocycles. The largest absolute Gasteiger partial charge is 0.319 e. The molecule has 0 aliphatic carbocycles. The molecule has 4 rings (SSSR count). The summed E-state index contributed by atoms with van der Waals surface area (Å²) >= 11 is 3.43. The second-order valence-electron chi connectivity index (χ2n) is 7.23. The monoisotopic (exact) mass is 491 g/mol. The molecule has 0 spiro atoms. The van der Waals surface area contributed by atoms with Gasteiger partial charge in [0.15, 0.2) is 5.82 Å². The maximum absolute atomic E-state index is 12.9. The number of nitro benzene ring substituents is 1. The minimum Gasteiger partial charge on any atom is -0.319 e. The van der Waals surface area contributed by atoms with Crippen LogP contribution in [0, 0.1) is 24.0 Å². The lowest BCUT2D eigenvalue weighted by molar-refractivity contribution is -0.384. The number of aryl methyl sites for hydroxylation is 2. The summed E-state index contributed by atoms with van der Waals surface area (Å²) in [7, 11) is 0. The smallest absolute Gasteiger partial charge is 0.295 e. The summed E-state index contributed by atoms with van der Waals surface area (Å²) in [5, 5.41) is 18.1. The van der Waals surface area contributed by atoms with Crippen LogP contribution in [0.4, 0.5) is 11.4 Å². The van der Waals surface area contributed by atoms with Crippen LogP contribution in [0.3, 0.4) is 0 Å². The van der Waals surface area contributed by atoms with Gasteiger partial charge in [0.1, 0.15) is 0 Å². The Kier molecular flexibility index (Phi) is 5.83. The number of nitro groups is 1. The molecule has 4 aromatic rings. The van der Waals surface area contributed by atoms with E-state index in [1.54, 1.807) is 10.7 Å². The highest BCUT2D eigenvalue weighted by Gasteiger charge is 2.20. The molecule has 9 heteroatoms. The Labute approximate surface area is 192 Å². The molecule has 0 fully saturated rings. The van der Waals surface area contributed by atoms with Crippen LogP contribution in [0.5, 0.6) is 0 Å². The average Bonchev–Trinajstić information content (AvgIpc) is 3.21. The van der Waals surface area contributed by atoms with Gasteiger partial charge in [-0.1, -0.05) is 46.3 Å². The van der Waals surface area contributed by atoms with E-state index in [1.807, 2.05) is 56.3 Å². The molecule has 1 amide bonds. The van der Waals surface area contributed by atoms with Crippen molar-refractivity contribution in [2.75, 3.05) is 5.32 Å². The number of nitrogens with one attached hydrogen (secondary N) is 1. The molecular formula is C23H18BrN5O3. The third kappa shape index (κ3) is 4.42. The molecule has 160 valence electrons. The first-order chi connectivity index (χ1) is 15.3. The minimum atomic E-state index is -0.562. The topological polar surface area (TPSA) is 103 Å². The zero-order chi connectivity index (χ0) is 22.8. The number of rotatable bonds is 5. The lowest BCUT2D eigenvalue weighted by atomic mass is 10.1. The van der Waals surface area contributed by atoms with Crippen LogP contribution < -0.4 is 5.32 Å². The third-order valence-corrected chi connectivity index (χ3v) is 5.35. The molecule has 0 unspecified atom stereocenters. The number of carbonyl (C=O) groups is 1. The number of halogens is 1. The van der Waals surface area contributed by atoms with E-state index < -0.39 is 10.8 Å². The van der Waals surface area contributed by atoms with Gasteiger partial charge in [-0.05, 0) is 49.2 Å². The summed E-state index contributed by atoms with van der Waals surface area (Å²) < 4.78 is 2.57. The van der Waals surface area contributed by atoms with Gasteiger partial charge in [-0.2, -0.15) is 0 Å². The lowest BCUT2D eigenvalue weighted by Crippen LogP contribution is -2.14. The molecule has 1 N–H and O–H groups in total. The predicted octanol–water partition coefficient (Wildman–Crippen LogP) is 5.47. The van der Waals surface area contributed by atoms with Gasteiger partial charge in [-0.25, -0.2) is 9.67 Å². The highest BCUT2D eigenvalue weighted by Crippen LogP contribution is 2.26. The Morgan fingerprint density at radius 2 is 1.81 bits per heavy atom. The van der Waals surface area contributed by atoms with Crippen molar-refractivity contribution in [3.8, 4) is 17.1 Å². The number of benzene rings is 3. The van der Waals surface area contributed by atoms with E-state index in [1.165, 1.54) is 18.2 Å². The minimum absolute atomic E-state index is 0.0460. The SMILES string of the molecule is Cc1ccc(C)c(-n2nc(C(=O)Nc3cccc([N+](=O)[O-])c3)nc2-c2ccc(Br)cc2)c1. The van der Waals surface area contributed by atoms with E-state index in [0.717, 1.165) is 26.9 Å². The van der Waals surface area contributed by atoms with E-state index in [0.29, 0.717) is 5.82 Å². The predicted molar refractivity (Wildman–Crippen MR) is 125 cm³/mol. The fraction of sp³-hybridized carbons (Fsp3) is 0.0870. The van der Waals surface area contributed by atoms with Crippen LogP contribution >= 0.6 is 15.9 Å². The summed E-state index contributed by atoms with van der Waals surface area (Å²) in [6.07, 6.45) is 0. The maximum atomic E-state index is 12.9. The van der Waals surface area contributed by atoms with Crippen molar-refractivity contribution >= 4 is 33.2 Å². The van der Waals surface area contributed by atoms with Crippen molar-refractivity contribution in [2.45, 2.75) is 13.8 Å². The molecule has 8 nitrogen and oxygen atoms in total. The zero-order valence-electron chi connectivity index (χ0n) is 17.2. The molecule has 0 aliphatic rings. The molecule has 0 saturated heterocycles. The highest BCUT2D eigenvalue weighted by atomic mass is 79.9. The fourth-order valence-corrected chi connectivity index (χ4v) is 3.46. The van der Waals surface area contributed by atoms with Crippen LogP contribution in [0.2, 0.25) is 0 Å². The molecule has 3 aromatic carbocycles. The average molecular weight is 492 g/mol. The van der Waals surface area contributed by atoms with Crippen molar-refractivity contribution < 1.29 is 9.72 Å². The highest BCUT2D eigenvalue weighted by molar-refractivity contribution is 9.10. The normalized spacial score (nSPS) is 10.7. The summed E-state index contributed by atoms with van der Waals surface area (Å²) in [5.41, 5.74) is 3.79. The van der Waals surface area contributed by atoms with Crippen LogP contribution in [-0.2, 0) is 0 Å². The molecule has 1 heterocycles. The summed E-state index contributed by atoms with van der Waals surface area (Å²) in [6, 6.07) is 19.2. The van der Waals surface area contributed by atoms with Crippen LogP contribution in [0.25, 0.3) is 17.1 Å². The lowest BCUT2D eigenvalue weighted by Gasteiger charge is -2.10. The Bertz CT molecular complexity index is 1330. The standard InChI is InChI=1S/C23H18BrN5O3/c1-14-6-7-15(2)20(12-14)28-22(16-8-10-17(24)11-9-16)26-21(27-28)23(30)25-18-4-3-5-19(13-18)29(31)32/h3-13H,1-2H3,(H,25,30). The number of non-ortho nitro benzene ring substituents is 1. The van der Waals surface area contributed by atoms with E-state index in [-0.39, 0.29) is 17.2 Å². The van der Waals surface area contributed by atoms with Gasteiger partial charge in [-0.15, -0.1) is 5.10 Å². The number of amides is 1. The summed E-state index contributed by atoms with van der Waals surface area (Å²) in [4.78, 5) is 27.9. The summed E-state index contributed by atoms with van der Waals surface area (Å²) in [6.45, 7) is 3.94. The molecule has 0 aliphatic heterocycles. The van der Waals surface area contributed by atoms with Gasteiger partial charge in [0.25, 0.3) is 11.6 Å². The van der Waals surface area contributed by atoms with E-state index >= 15 is 0 Å².